The molecule has 1 aromatic carbocycles. The molecule has 1 spiro atoms. The average Bonchev–Trinajstić information content (AvgIpc) is 3.63. The van der Waals surface area contributed by atoms with Crippen molar-refractivity contribution in [3.63, 3.8) is 0 Å². The lowest BCUT2D eigenvalue weighted by Gasteiger charge is -2.40. The smallest absolute Gasteiger partial charge is 0.410 e. The Morgan fingerprint density at radius 1 is 1.09 bits per heavy atom. The van der Waals surface area contributed by atoms with Gasteiger partial charge in [0, 0.05) is 36.0 Å². The van der Waals surface area contributed by atoms with E-state index in [2.05, 4.69) is 15.2 Å². The van der Waals surface area contributed by atoms with Gasteiger partial charge in [-0.3, -0.25) is 14.4 Å². The van der Waals surface area contributed by atoms with E-state index in [0.717, 1.165) is 12.8 Å². The van der Waals surface area contributed by atoms with Crippen LogP contribution in [0, 0.1) is 0 Å². The van der Waals surface area contributed by atoms with Crippen LogP contribution in [0.5, 0.6) is 11.5 Å². The molecule has 1 saturated carbocycles. The van der Waals surface area contributed by atoms with Crippen molar-refractivity contribution >= 4 is 11.9 Å². The van der Waals surface area contributed by atoms with Gasteiger partial charge in [0.1, 0.15) is 28.5 Å². The maximum atomic E-state index is 13.0. The zero-order valence-electron chi connectivity index (χ0n) is 25.9. The monoisotopic (exact) mass is 616 g/mol. The van der Waals surface area contributed by atoms with Crippen molar-refractivity contribution in [2.75, 3.05) is 33.1 Å². The normalized spacial score (nSPS) is 17.3. The van der Waals surface area contributed by atoms with Gasteiger partial charge in [-0.2, -0.15) is 14.9 Å². The SMILES string of the molecule is COc1cc(OC)cc(-n2nc(-c3nc(-c4cnn(C[C@H]5CN(C(=O)OC(C)(C)C)C6(CC6)CO5)c4)cnc3N)ccc2=O)c1. The molecule has 14 heteroatoms. The number of amides is 1. The zero-order chi connectivity index (χ0) is 31.9. The largest absolute Gasteiger partial charge is 0.497 e. The Hall–Kier alpha value is -4.98. The first-order valence-electron chi connectivity index (χ1n) is 14.6. The summed E-state index contributed by atoms with van der Waals surface area (Å²) in [6, 6.07) is 7.98. The van der Waals surface area contributed by atoms with Gasteiger partial charge in [-0.05, 0) is 39.7 Å². The number of benzene rings is 1. The topological polar surface area (TPSA) is 162 Å². The highest BCUT2D eigenvalue weighted by molar-refractivity contribution is 5.71. The number of morpholine rings is 1. The number of methoxy groups -OCH3 is 2. The van der Waals surface area contributed by atoms with Gasteiger partial charge < -0.3 is 24.7 Å². The summed E-state index contributed by atoms with van der Waals surface area (Å²) in [6.45, 7) is 6.91. The molecule has 0 unspecified atom stereocenters. The van der Waals surface area contributed by atoms with E-state index in [1.807, 2.05) is 31.9 Å². The van der Waals surface area contributed by atoms with E-state index in [9.17, 15) is 9.59 Å². The fraction of sp³-hybridized carbons (Fsp3) is 0.419. The second-order valence-corrected chi connectivity index (χ2v) is 12.2. The number of anilines is 1. The summed E-state index contributed by atoms with van der Waals surface area (Å²) in [5.74, 6) is 1.16. The lowest BCUT2D eigenvalue weighted by atomic mass is 10.1. The number of hydrogen-bond acceptors (Lipinski definition) is 11. The van der Waals surface area contributed by atoms with E-state index in [1.54, 1.807) is 41.3 Å². The fourth-order valence-corrected chi connectivity index (χ4v) is 5.22. The molecular formula is C31H36N8O6. The van der Waals surface area contributed by atoms with Crippen molar-refractivity contribution in [3.8, 4) is 39.8 Å². The van der Waals surface area contributed by atoms with Gasteiger partial charge >= 0.3 is 6.09 Å². The Morgan fingerprint density at radius 3 is 2.49 bits per heavy atom. The first-order valence-corrected chi connectivity index (χ1v) is 14.6. The van der Waals surface area contributed by atoms with Crippen LogP contribution >= 0.6 is 0 Å². The summed E-state index contributed by atoms with van der Waals surface area (Å²) in [6.07, 6.45) is 6.31. The Balaban J connectivity index is 1.22. The van der Waals surface area contributed by atoms with E-state index in [-0.39, 0.29) is 29.1 Å². The Morgan fingerprint density at radius 2 is 1.82 bits per heavy atom. The van der Waals surface area contributed by atoms with Gasteiger partial charge in [0.15, 0.2) is 5.82 Å². The molecule has 1 saturated heterocycles. The number of hydrogen-bond donors (Lipinski definition) is 1. The number of ether oxygens (including phenoxy) is 4. The molecule has 1 atom stereocenters. The van der Waals surface area contributed by atoms with Crippen LogP contribution in [0.3, 0.4) is 0 Å². The number of rotatable bonds is 7. The van der Waals surface area contributed by atoms with E-state index in [4.69, 9.17) is 29.7 Å². The number of aromatic nitrogens is 6. The summed E-state index contributed by atoms with van der Waals surface area (Å²) in [5.41, 5.74) is 7.35. The highest BCUT2D eigenvalue weighted by Crippen LogP contribution is 2.45. The van der Waals surface area contributed by atoms with Crippen LogP contribution in [0.2, 0.25) is 0 Å². The van der Waals surface area contributed by atoms with E-state index in [0.29, 0.717) is 59.5 Å². The van der Waals surface area contributed by atoms with Crippen molar-refractivity contribution in [1.29, 1.82) is 0 Å². The summed E-state index contributed by atoms with van der Waals surface area (Å²) in [7, 11) is 3.05. The van der Waals surface area contributed by atoms with Crippen LogP contribution in [-0.2, 0) is 16.0 Å². The zero-order valence-corrected chi connectivity index (χ0v) is 25.9. The molecule has 1 amide bonds. The Labute approximate surface area is 259 Å². The predicted octanol–water partition coefficient (Wildman–Crippen LogP) is 3.32. The summed E-state index contributed by atoms with van der Waals surface area (Å²) >= 11 is 0. The lowest BCUT2D eigenvalue weighted by Crippen LogP contribution is -2.56. The lowest BCUT2D eigenvalue weighted by molar-refractivity contribution is -0.0839. The molecule has 4 heterocycles. The minimum atomic E-state index is -0.577. The molecule has 1 aliphatic heterocycles. The molecular weight excluding hydrogens is 580 g/mol. The van der Waals surface area contributed by atoms with E-state index in [1.165, 1.54) is 25.0 Å². The molecule has 3 aromatic heterocycles. The standard InChI is InChI=1S/C31H36N8O6/c1-30(2,3)45-29(41)38-17-23(44-18-31(38)8-9-31)16-37-15-19(13-34-37)25-14-33-28(32)27(35-25)24-6-7-26(40)39(36-24)20-10-21(42-4)12-22(11-20)43-5/h6-7,10-15,23H,8-9,16-18H2,1-5H3,(H2,32,33)/t23-/m0/s1. The van der Waals surface area contributed by atoms with Crippen LogP contribution < -0.4 is 20.8 Å². The highest BCUT2D eigenvalue weighted by atomic mass is 16.6. The highest BCUT2D eigenvalue weighted by Gasteiger charge is 2.54. The van der Waals surface area contributed by atoms with Crippen LogP contribution in [-0.4, -0.2) is 85.1 Å². The first-order chi connectivity index (χ1) is 21.5. The molecule has 2 fully saturated rings. The minimum absolute atomic E-state index is 0.152. The maximum absolute atomic E-state index is 13.0. The quantitative estimate of drug-likeness (QED) is 0.324. The molecule has 2 aliphatic rings. The predicted molar refractivity (Wildman–Crippen MR) is 164 cm³/mol. The van der Waals surface area contributed by atoms with Gasteiger partial charge in [0.05, 0.1) is 69.3 Å². The van der Waals surface area contributed by atoms with Crippen molar-refractivity contribution in [3.05, 3.63) is 59.3 Å². The molecule has 4 aromatic rings. The summed E-state index contributed by atoms with van der Waals surface area (Å²) < 4.78 is 25.5. The average molecular weight is 617 g/mol. The maximum Gasteiger partial charge on any atom is 0.410 e. The van der Waals surface area contributed by atoms with Crippen molar-refractivity contribution in [2.24, 2.45) is 0 Å². The summed E-state index contributed by atoms with van der Waals surface area (Å²) in [4.78, 5) is 36.7. The van der Waals surface area contributed by atoms with Gasteiger partial charge in [0.2, 0.25) is 0 Å². The second kappa shape index (κ2) is 11.5. The second-order valence-electron chi connectivity index (χ2n) is 12.2. The van der Waals surface area contributed by atoms with Crippen molar-refractivity contribution in [2.45, 2.75) is 57.4 Å². The fourth-order valence-electron chi connectivity index (χ4n) is 5.22. The van der Waals surface area contributed by atoms with Gasteiger partial charge in [-0.25, -0.2) is 14.8 Å². The number of carbonyl (C=O) groups is 1. The van der Waals surface area contributed by atoms with Crippen molar-refractivity contribution in [1.82, 2.24) is 34.4 Å². The van der Waals surface area contributed by atoms with Gasteiger partial charge in [0.25, 0.3) is 5.56 Å². The van der Waals surface area contributed by atoms with E-state index >= 15 is 0 Å². The van der Waals surface area contributed by atoms with Crippen molar-refractivity contribution < 1.29 is 23.7 Å². The molecule has 45 heavy (non-hydrogen) atoms. The molecule has 0 radical (unpaired) electrons. The molecule has 2 N–H and O–H groups in total. The number of nitrogens with two attached hydrogens (primary N) is 1. The van der Waals surface area contributed by atoms with Crippen LogP contribution in [0.15, 0.2) is 53.7 Å². The minimum Gasteiger partial charge on any atom is -0.497 e. The third kappa shape index (κ3) is 6.32. The Bertz CT molecular complexity index is 1770. The van der Waals surface area contributed by atoms with Crippen LogP contribution in [0.1, 0.15) is 33.6 Å². The number of nitrogen functional groups attached to an aromatic ring is 1. The third-order valence-electron chi connectivity index (χ3n) is 7.73. The van der Waals surface area contributed by atoms with E-state index < -0.39 is 5.60 Å². The number of nitrogens with zero attached hydrogens (tertiary/aromatic N) is 7. The molecule has 6 rings (SSSR count). The number of carbonyl (C=O) groups excluding carboxylic acids is 1. The summed E-state index contributed by atoms with van der Waals surface area (Å²) in [5, 5.41) is 9.04. The molecule has 1 aliphatic carbocycles. The van der Waals surface area contributed by atoms with Crippen LogP contribution in [0.4, 0.5) is 10.6 Å². The van der Waals surface area contributed by atoms with Gasteiger partial charge in [-0.1, -0.05) is 0 Å². The molecule has 0 bridgehead atoms. The molecule has 14 nitrogen and oxygen atoms in total. The van der Waals surface area contributed by atoms with Crippen LogP contribution in [0.25, 0.3) is 28.3 Å². The molecule has 236 valence electrons. The Kier molecular flexibility index (Phi) is 7.69. The third-order valence-corrected chi connectivity index (χ3v) is 7.73. The first kappa shape index (κ1) is 30.1. The van der Waals surface area contributed by atoms with Gasteiger partial charge in [-0.15, -0.1) is 0 Å².